The van der Waals surface area contributed by atoms with Crippen LogP contribution in [0, 0.1) is 11.6 Å². The minimum atomic E-state index is -0.816. The fourth-order valence-corrected chi connectivity index (χ4v) is 1.95. The number of rotatable bonds is 3. The third kappa shape index (κ3) is 2.54. The third-order valence-electron chi connectivity index (χ3n) is 2.99. The number of hydrogen-bond acceptors (Lipinski definition) is 4. The Balaban J connectivity index is 1.94. The van der Waals surface area contributed by atoms with Gasteiger partial charge in [-0.1, -0.05) is 13.8 Å². The molecule has 108 valence electrons. The zero-order valence-electron chi connectivity index (χ0n) is 11.4. The van der Waals surface area contributed by atoms with Crippen LogP contribution in [-0.2, 0) is 0 Å². The summed E-state index contributed by atoms with van der Waals surface area (Å²) in [5.41, 5.74) is 1.36. The molecule has 7 heteroatoms. The van der Waals surface area contributed by atoms with Crippen LogP contribution in [0.5, 0.6) is 11.8 Å². The molecule has 0 unspecified atom stereocenters. The van der Waals surface area contributed by atoms with Gasteiger partial charge in [-0.2, -0.15) is 10.1 Å². The molecule has 3 rings (SSSR count). The molecular weight excluding hydrogens is 278 g/mol. The second-order valence-electron chi connectivity index (χ2n) is 4.86. The molecule has 1 aromatic carbocycles. The van der Waals surface area contributed by atoms with Gasteiger partial charge < -0.3 is 4.74 Å². The number of benzene rings is 1. The first-order chi connectivity index (χ1) is 10.0. The van der Waals surface area contributed by atoms with Crippen LogP contribution in [0.25, 0.3) is 11.0 Å². The van der Waals surface area contributed by atoms with Crippen LogP contribution < -0.4 is 4.74 Å². The van der Waals surface area contributed by atoms with Crippen molar-refractivity contribution >= 4 is 11.0 Å². The van der Waals surface area contributed by atoms with Gasteiger partial charge in [-0.15, -0.1) is 0 Å². The SMILES string of the molecule is CC(C)c1[nH]nc2nc(Oc3ccc(F)cc3F)ncc12. The number of aromatic amines is 1. The van der Waals surface area contributed by atoms with E-state index in [-0.39, 0.29) is 17.7 Å². The number of nitrogens with one attached hydrogen (secondary N) is 1. The second kappa shape index (κ2) is 5.08. The molecule has 0 spiro atoms. The third-order valence-corrected chi connectivity index (χ3v) is 2.99. The van der Waals surface area contributed by atoms with Crippen molar-refractivity contribution in [3.05, 3.63) is 41.7 Å². The van der Waals surface area contributed by atoms with E-state index in [0.717, 1.165) is 23.2 Å². The topological polar surface area (TPSA) is 63.7 Å². The lowest BCUT2D eigenvalue weighted by molar-refractivity contribution is 0.409. The quantitative estimate of drug-likeness (QED) is 0.801. The second-order valence-corrected chi connectivity index (χ2v) is 4.86. The molecule has 5 nitrogen and oxygen atoms in total. The Bertz CT molecular complexity index is 801. The molecule has 1 N–H and O–H groups in total. The van der Waals surface area contributed by atoms with Gasteiger partial charge in [0.15, 0.2) is 17.2 Å². The van der Waals surface area contributed by atoms with Crippen molar-refractivity contribution in [2.75, 3.05) is 0 Å². The molecule has 21 heavy (non-hydrogen) atoms. The Morgan fingerprint density at radius 2 is 2.05 bits per heavy atom. The van der Waals surface area contributed by atoms with Gasteiger partial charge in [0, 0.05) is 18.0 Å². The molecule has 0 aliphatic carbocycles. The number of aromatic nitrogens is 4. The maximum atomic E-state index is 13.5. The smallest absolute Gasteiger partial charge is 0.324 e. The number of nitrogens with zero attached hydrogens (tertiary/aromatic N) is 3. The van der Waals surface area contributed by atoms with Crippen LogP contribution in [0.1, 0.15) is 25.5 Å². The minimum Gasteiger partial charge on any atom is -0.421 e. The van der Waals surface area contributed by atoms with Gasteiger partial charge in [-0.3, -0.25) is 5.10 Å². The summed E-state index contributed by atoms with van der Waals surface area (Å²) >= 11 is 0. The van der Waals surface area contributed by atoms with Gasteiger partial charge in [0.25, 0.3) is 0 Å². The van der Waals surface area contributed by atoms with Gasteiger partial charge in [0.2, 0.25) is 0 Å². The molecule has 0 bridgehead atoms. The molecule has 0 saturated carbocycles. The summed E-state index contributed by atoms with van der Waals surface area (Å²) in [6.45, 7) is 4.04. The molecule has 0 amide bonds. The molecular formula is C14H12F2N4O. The summed E-state index contributed by atoms with van der Waals surface area (Å²) in [4.78, 5) is 8.13. The van der Waals surface area contributed by atoms with E-state index in [1.165, 1.54) is 6.07 Å². The van der Waals surface area contributed by atoms with Gasteiger partial charge in [-0.05, 0) is 18.1 Å². The predicted octanol–water partition coefficient (Wildman–Crippen LogP) is 3.55. The lowest BCUT2D eigenvalue weighted by Gasteiger charge is -2.05. The summed E-state index contributed by atoms with van der Waals surface area (Å²) < 4.78 is 31.6. The van der Waals surface area contributed by atoms with E-state index in [2.05, 4.69) is 20.2 Å². The minimum absolute atomic E-state index is 0.0465. The maximum absolute atomic E-state index is 13.5. The van der Waals surface area contributed by atoms with E-state index >= 15 is 0 Å². The predicted molar refractivity (Wildman–Crippen MR) is 72.2 cm³/mol. The molecule has 2 heterocycles. The first-order valence-electron chi connectivity index (χ1n) is 6.38. The van der Waals surface area contributed by atoms with Crippen LogP contribution in [0.3, 0.4) is 0 Å². The van der Waals surface area contributed by atoms with Crippen molar-refractivity contribution in [2.24, 2.45) is 0 Å². The van der Waals surface area contributed by atoms with Gasteiger partial charge in [0.1, 0.15) is 5.82 Å². The average Bonchev–Trinajstić information content (AvgIpc) is 2.85. The average molecular weight is 290 g/mol. The van der Waals surface area contributed by atoms with E-state index in [4.69, 9.17) is 4.74 Å². The van der Waals surface area contributed by atoms with Crippen LogP contribution in [-0.4, -0.2) is 20.2 Å². The van der Waals surface area contributed by atoms with Crippen LogP contribution in [0.15, 0.2) is 24.4 Å². The Hall–Kier alpha value is -2.57. The summed E-state index contributed by atoms with van der Waals surface area (Å²) in [5, 5.41) is 7.75. The number of H-pyrrole nitrogens is 1. The molecule has 3 aromatic rings. The monoisotopic (exact) mass is 290 g/mol. The number of halogens is 2. The maximum Gasteiger partial charge on any atom is 0.324 e. The van der Waals surface area contributed by atoms with E-state index in [1.807, 2.05) is 13.8 Å². The molecule has 0 aliphatic heterocycles. The van der Waals surface area contributed by atoms with E-state index in [0.29, 0.717) is 5.65 Å². The van der Waals surface area contributed by atoms with Crippen LogP contribution in [0.4, 0.5) is 8.78 Å². The highest BCUT2D eigenvalue weighted by atomic mass is 19.1. The largest absolute Gasteiger partial charge is 0.421 e. The lowest BCUT2D eigenvalue weighted by Crippen LogP contribution is -1.95. The molecule has 0 fully saturated rings. The van der Waals surface area contributed by atoms with Crippen molar-refractivity contribution in [2.45, 2.75) is 19.8 Å². The summed E-state index contributed by atoms with van der Waals surface area (Å²) in [7, 11) is 0. The Morgan fingerprint density at radius 3 is 2.76 bits per heavy atom. The normalized spacial score (nSPS) is 11.3. The molecule has 2 aromatic heterocycles. The fraction of sp³-hybridized carbons (Fsp3) is 0.214. The molecule has 0 saturated heterocycles. The Labute approximate surface area is 119 Å². The summed E-state index contributed by atoms with van der Waals surface area (Å²) in [6, 6.07) is 2.97. The van der Waals surface area contributed by atoms with Crippen molar-refractivity contribution in [3.8, 4) is 11.8 Å². The van der Waals surface area contributed by atoms with Crippen molar-refractivity contribution < 1.29 is 13.5 Å². The van der Waals surface area contributed by atoms with Gasteiger partial charge >= 0.3 is 6.01 Å². The summed E-state index contributed by atoms with van der Waals surface area (Å²) in [6.07, 6.45) is 1.57. The molecule has 0 atom stereocenters. The van der Waals surface area contributed by atoms with Gasteiger partial charge in [-0.25, -0.2) is 13.8 Å². The number of ether oxygens (including phenoxy) is 1. The summed E-state index contributed by atoms with van der Waals surface area (Å²) in [5.74, 6) is -1.39. The van der Waals surface area contributed by atoms with Gasteiger partial charge in [0.05, 0.1) is 5.39 Å². The van der Waals surface area contributed by atoms with E-state index < -0.39 is 11.6 Å². The van der Waals surface area contributed by atoms with E-state index in [9.17, 15) is 8.78 Å². The number of fused-ring (bicyclic) bond motifs is 1. The van der Waals surface area contributed by atoms with Crippen molar-refractivity contribution in [1.82, 2.24) is 20.2 Å². The zero-order valence-corrected chi connectivity index (χ0v) is 11.4. The zero-order chi connectivity index (χ0) is 15.0. The number of hydrogen-bond donors (Lipinski definition) is 1. The molecule has 0 radical (unpaired) electrons. The lowest BCUT2D eigenvalue weighted by atomic mass is 10.1. The first-order valence-corrected chi connectivity index (χ1v) is 6.38. The first kappa shape index (κ1) is 13.4. The highest BCUT2D eigenvalue weighted by Gasteiger charge is 2.13. The molecule has 0 aliphatic rings. The van der Waals surface area contributed by atoms with Crippen LogP contribution >= 0.6 is 0 Å². The highest BCUT2D eigenvalue weighted by Crippen LogP contribution is 2.25. The van der Waals surface area contributed by atoms with Crippen molar-refractivity contribution in [3.63, 3.8) is 0 Å². The standard InChI is InChI=1S/C14H12F2N4O/c1-7(2)12-9-6-17-14(18-13(9)20-19-12)21-11-4-3-8(15)5-10(11)16/h3-7H,1-2H3,(H,17,18,19,20). The Morgan fingerprint density at radius 1 is 1.24 bits per heavy atom. The highest BCUT2D eigenvalue weighted by molar-refractivity contribution is 5.77. The van der Waals surface area contributed by atoms with E-state index in [1.54, 1.807) is 6.20 Å². The van der Waals surface area contributed by atoms with Crippen molar-refractivity contribution in [1.29, 1.82) is 0 Å². The van der Waals surface area contributed by atoms with Crippen LogP contribution in [0.2, 0.25) is 0 Å². The Kier molecular flexibility index (Phi) is 3.25. The fourth-order valence-electron chi connectivity index (χ4n) is 1.95.